The van der Waals surface area contributed by atoms with Crippen LogP contribution < -0.4 is 10.6 Å². The summed E-state index contributed by atoms with van der Waals surface area (Å²) < 4.78 is 10.3. The molecule has 0 spiro atoms. The van der Waals surface area contributed by atoms with Crippen LogP contribution in [-0.4, -0.2) is 25.0 Å². The fraction of sp³-hybridized carbons (Fsp3) is 0.333. The summed E-state index contributed by atoms with van der Waals surface area (Å²) in [6.45, 7) is 4.34. The van der Waals surface area contributed by atoms with Gasteiger partial charge >= 0.3 is 5.97 Å². The Balaban J connectivity index is 1.79. The van der Waals surface area contributed by atoms with Crippen LogP contribution in [0.15, 0.2) is 47.1 Å². The van der Waals surface area contributed by atoms with Gasteiger partial charge in [0.1, 0.15) is 5.76 Å². The van der Waals surface area contributed by atoms with Crippen molar-refractivity contribution >= 4 is 17.6 Å². The maximum Gasteiger partial charge on any atom is 0.338 e. The minimum absolute atomic E-state index is 0.130. The van der Waals surface area contributed by atoms with Crippen LogP contribution in [-0.2, 0) is 9.53 Å². The monoisotopic (exact) mass is 330 g/mol. The summed E-state index contributed by atoms with van der Waals surface area (Å²) in [6, 6.07) is 10.2. The highest BCUT2D eigenvalue weighted by Gasteiger charge is 2.11. The predicted molar refractivity (Wildman–Crippen MR) is 90.8 cm³/mol. The minimum atomic E-state index is -0.339. The zero-order chi connectivity index (χ0) is 17.4. The molecule has 128 valence electrons. The zero-order valence-electron chi connectivity index (χ0n) is 13.9. The van der Waals surface area contributed by atoms with Crippen molar-refractivity contribution in [1.82, 2.24) is 5.32 Å². The Morgan fingerprint density at radius 2 is 1.96 bits per heavy atom. The molecule has 0 bridgehead atoms. The molecule has 2 rings (SSSR count). The number of rotatable bonds is 8. The van der Waals surface area contributed by atoms with Crippen molar-refractivity contribution in [3.05, 3.63) is 54.0 Å². The van der Waals surface area contributed by atoms with E-state index in [1.807, 2.05) is 19.9 Å². The first-order valence-corrected chi connectivity index (χ1v) is 7.94. The number of carbonyl (C=O) groups excluding carboxylic acids is 2. The number of hydrogen-bond acceptors (Lipinski definition) is 5. The summed E-state index contributed by atoms with van der Waals surface area (Å²) in [5.41, 5.74) is 1.24. The molecular weight excluding hydrogens is 308 g/mol. The molecule has 6 nitrogen and oxygen atoms in total. The van der Waals surface area contributed by atoms with Crippen molar-refractivity contribution in [1.29, 1.82) is 0 Å². The van der Waals surface area contributed by atoms with Crippen LogP contribution in [0.1, 0.15) is 42.4 Å². The number of esters is 1. The molecule has 1 amide bonds. The van der Waals surface area contributed by atoms with Gasteiger partial charge in [-0.3, -0.25) is 4.79 Å². The number of amides is 1. The van der Waals surface area contributed by atoms with Gasteiger partial charge in [-0.15, -0.1) is 0 Å². The van der Waals surface area contributed by atoms with E-state index in [0.717, 1.165) is 12.1 Å². The van der Waals surface area contributed by atoms with Crippen molar-refractivity contribution in [3.8, 4) is 0 Å². The quantitative estimate of drug-likeness (QED) is 0.727. The van der Waals surface area contributed by atoms with Crippen LogP contribution in [0.3, 0.4) is 0 Å². The van der Waals surface area contributed by atoms with Gasteiger partial charge in [-0.05, 0) is 49.7 Å². The van der Waals surface area contributed by atoms with Gasteiger partial charge in [0.25, 0.3) is 0 Å². The van der Waals surface area contributed by atoms with Gasteiger partial charge in [-0.25, -0.2) is 4.79 Å². The third-order valence-electron chi connectivity index (χ3n) is 3.36. The Kier molecular flexibility index (Phi) is 6.42. The van der Waals surface area contributed by atoms with Gasteiger partial charge < -0.3 is 19.8 Å². The molecule has 0 aliphatic heterocycles. The molecule has 1 atom stereocenters. The van der Waals surface area contributed by atoms with E-state index in [2.05, 4.69) is 10.6 Å². The SMILES string of the molecule is CCCOC(=O)c1ccc(NCC(=O)NC(C)c2ccco2)cc1. The maximum atomic E-state index is 11.9. The lowest BCUT2D eigenvalue weighted by molar-refractivity contribution is -0.120. The van der Waals surface area contributed by atoms with Gasteiger partial charge in [-0.1, -0.05) is 6.92 Å². The molecule has 1 unspecified atom stereocenters. The van der Waals surface area contributed by atoms with Gasteiger partial charge in [0, 0.05) is 5.69 Å². The van der Waals surface area contributed by atoms with E-state index in [0.29, 0.717) is 17.9 Å². The standard InChI is InChI=1S/C18H22N2O4/c1-3-10-24-18(22)14-6-8-15(9-7-14)19-12-17(21)20-13(2)16-5-4-11-23-16/h4-9,11,13,19H,3,10,12H2,1-2H3,(H,20,21). The fourth-order valence-corrected chi connectivity index (χ4v) is 2.09. The Bertz CT molecular complexity index is 650. The van der Waals surface area contributed by atoms with Crippen molar-refractivity contribution in [3.63, 3.8) is 0 Å². The van der Waals surface area contributed by atoms with Crippen molar-refractivity contribution in [2.45, 2.75) is 26.3 Å². The number of ether oxygens (including phenoxy) is 1. The maximum absolute atomic E-state index is 11.9. The third-order valence-corrected chi connectivity index (χ3v) is 3.36. The van der Waals surface area contributed by atoms with Crippen molar-refractivity contribution in [2.24, 2.45) is 0 Å². The van der Waals surface area contributed by atoms with Crippen molar-refractivity contribution in [2.75, 3.05) is 18.5 Å². The highest BCUT2D eigenvalue weighted by Crippen LogP contribution is 2.13. The second kappa shape index (κ2) is 8.76. The van der Waals surface area contributed by atoms with E-state index >= 15 is 0 Å². The number of carbonyl (C=O) groups is 2. The second-order valence-electron chi connectivity index (χ2n) is 5.37. The molecular formula is C18H22N2O4. The molecule has 0 fully saturated rings. The molecule has 0 aliphatic rings. The van der Waals surface area contributed by atoms with Gasteiger partial charge in [0.2, 0.25) is 5.91 Å². The minimum Gasteiger partial charge on any atom is -0.467 e. The first-order valence-electron chi connectivity index (χ1n) is 7.94. The fourth-order valence-electron chi connectivity index (χ4n) is 2.09. The lowest BCUT2D eigenvalue weighted by Crippen LogP contribution is -2.31. The van der Waals surface area contributed by atoms with Crippen LogP contribution in [0, 0.1) is 0 Å². The zero-order valence-corrected chi connectivity index (χ0v) is 13.9. The van der Waals surface area contributed by atoms with E-state index in [9.17, 15) is 9.59 Å². The molecule has 0 radical (unpaired) electrons. The summed E-state index contributed by atoms with van der Waals surface area (Å²) in [6.07, 6.45) is 2.36. The van der Waals surface area contributed by atoms with Crippen LogP contribution in [0.2, 0.25) is 0 Å². The van der Waals surface area contributed by atoms with Crippen LogP contribution in [0.5, 0.6) is 0 Å². The Labute approximate surface area is 141 Å². The smallest absolute Gasteiger partial charge is 0.338 e. The predicted octanol–water partition coefficient (Wildman–Crippen LogP) is 3.14. The number of hydrogen-bond donors (Lipinski definition) is 2. The number of anilines is 1. The summed E-state index contributed by atoms with van der Waals surface area (Å²) in [7, 11) is 0. The largest absolute Gasteiger partial charge is 0.467 e. The lowest BCUT2D eigenvalue weighted by atomic mass is 10.2. The van der Waals surface area contributed by atoms with Crippen LogP contribution in [0.4, 0.5) is 5.69 Å². The molecule has 2 aromatic rings. The highest BCUT2D eigenvalue weighted by molar-refractivity contribution is 5.90. The van der Waals surface area contributed by atoms with Gasteiger partial charge in [0.15, 0.2) is 0 Å². The average molecular weight is 330 g/mol. The summed E-state index contributed by atoms with van der Waals surface area (Å²) in [4.78, 5) is 23.6. The number of benzene rings is 1. The molecule has 6 heteroatoms. The van der Waals surface area contributed by atoms with E-state index in [4.69, 9.17) is 9.15 Å². The number of furan rings is 1. The van der Waals surface area contributed by atoms with Crippen molar-refractivity contribution < 1.29 is 18.7 Å². The van der Waals surface area contributed by atoms with Crippen LogP contribution >= 0.6 is 0 Å². The van der Waals surface area contributed by atoms with E-state index in [-0.39, 0.29) is 24.5 Å². The van der Waals surface area contributed by atoms with E-state index in [1.54, 1.807) is 36.6 Å². The molecule has 0 aliphatic carbocycles. The average Bonchev–Trinajstić information content (AvgIpc) is 3.13. The Morgan fingerprint density at radius 3 is 2.58 bits per heavy atom. The van der Waals surface area contributed by atoms with E-state index < -0.39 is 0 Å². The molecule has 1 aromatic heterocycles. The molecule has 24 heavy (non-hydrogen) atoms. The lowest BCUT2D eigenvalue weighted by Gasteiger charge is -2.12. The first-order chi connectivity index (χ1) is 11.6. The Morgan fingerprint density at radius 1 is 1.21 bits per heavy atom. The molecule has 0 saturated carbocycles. The summed E-state index contributed by atoms with van der Waals surface area (Å²) >= 11 is 0. The highest BCUT2D eigenvalue weighted by atomic mass is 16.5. The second-order valence-corrected chi connectivity index (χ2v) is 5.37. The Hall–Kier alpha value is -2.76. The molecule has 1 heterocycles. The van der Waals surface area contributed by atoms with Gasteiger partial charge in [-0.2, -0.15) is 0 Å². The first kappa shape index (κ1) is 17.6. The normalized spacial score (nSPS) is 11.6. The van der Waals surface area contributed by atoms with Crippen LogP contribution in [0.25, 0.3) is 0 Å². The summed E-state index contributed by atoms with van der Waals surface area (Å²) in [5, 5.41) is 5.85. The molecule has 2 N–H and O–H groups in total. The third kappa shape index (κ3) is 5.15. The van der Waals surface area contributed by atoms with E-state index in [1.165, 1.54) is 0 Å². The van der Waals surface area contributed by atoms with Gasteiger partial charge in [0.05, 0.1) is 31.0 Å². The summed E-state index contributed by atoms with van der Waals surface area (Å²) in [5.74, 6) is 0.219. The molecule has 0 saturated heterocycles. The topological polar surface area (TPSA) is 80.6 Å². The number of nitrogens with one attached hydrogen (secondary N) is 2. The molecule has 1 aromatic carbocycles.